The molecule has 1 aromatic rings. The molecule has 190 valence electrons. The number of aromatic nitrogens is 2. The van der Waals surface area contributed by atoms with Gasteiger partial charge in [0.05, 0.1) is 36.3 Å². The number of rotatable bonds is 6. The van der Waals surface area contributed by atoms with E-state index in [0.717, 1.165) is 57.9 Å². The smallest absolute Gasteiger partial charge is 0.317 e. The zero-order chi connectivity index (χ0) is 24.5. The quantitative estimate of drug-likeness (QED) is 0.282. The summed E-state index contributed by atoms with van der Waals surface area (Å²) >= 11 is 0. The standard InChI is InChI=1S/C26H36N4O5/c1-3-21(20-9-7-15-30(20)2)35-24-27-14-10-19(28-24)22(31)18-8-6-12-25(23(18)29-32)11-4-5-13-26(25)33-16-17-34-26/h3,10,14,18,20-21,32H,1,4-9,11-13,15-17H2,2H3/b29-23+/t18?,20-,21-,25-/m0/s1. The van der Waals surface area contributed by atoms with Crippen LogP contribution in [0.25, 0.3) is 0 Å². The SMILES string of the molecule is C=C[C@H](Oc1nccc(C(=O)C2CCC[C@@]3(CCCCC34OCCO4)/C2=N/O)n1)[C@@H]1CCCN1C. The molecule has 1 N–H and O–H groups in total. The Hall–Kier alpha value is -2.36. The first-order valence-electron chi connectivity index (χ1n) is 12.9. The van der Waals surface area contributed by atoms with Gasteiger partial charge in [0.25, 0.3) is 0 Å². The first kappa shape index (κ1) is 24.3. The van der Waals surface area contributed by atoms with Gasteiger partial charge < -0.3 is 19.4 Å². The molecule has 2 aliphatic carbocycles. The highest BCUT2D eigenvalue weighted by Gasteiger charge is 2.62. The second kappa shape index (κ2) is 9.95. The summed E-state index contributed by atoms with van der Waals surface area (Å²) in [4.78, 5) is 24.8. The molecule has 1 aromatic heterocycles. The summed E-state index contributed by atoms with van der Waals surface area (Å²) in [6.07, 6.45) is 10.9. The van der Waals surface area contributed by atoms with Crippen molar-refractivity contribution < 1.29 is 24.2 Å². The molecule has 1 unspecified atom stereocenters. The third-order valence-corrected chi connectivity index (χ3v) is 8.50. The van der Waals surface area contributed by atoms with Crippen LogP contribution in [-0.2, 0) is 9.47 Å². The van der Waals surface area contributed by atoms with Crippen molar-refractivity contribution in [1.82, 2.24) is 14.9 Å². The van der Waals surface area contributed by atoms with E-state index in [1.807, 2.05) is 0 Å². The Labute approximate surface area is 206 Å². The fourth-order valence-corrected chi connectivity index (χ4v) is 6.83. The molecule has 4 atom stereocenters. The largest absolute Gasteiger partial charge is 0.454 e. The fourth-order valence-electron chi connectivity index (χ4n) is 6.83. The summed E-state index contributed by atoms with van der Waals surface area (Å²) in [6.45, 7) is 5.98. The van der Waals surface area contributed by atoms with Gasteiger partial charge in [-0.15, -0.1) is 0 Å². The van der Waals surface area contributed by atoms with E-state index in [4.69, 9.17) is 14.2 Å². The van der Waals surface area contributed by atoms with Crippen LogP contribution in [0.1, 0.15) is 68.3 Å². The summed E-state index contributed by atoms with van der Waals surface area (Å²) in [7, 11) is 2.07. The number of hydrogen-bond acceptors (Lipinski definition) is 9. The monoisotopic (exact) mass is 484 g/mol. The molecule has 2 spiro atoms. The van der Waals surface area contributed by atoms with Crippen molar-refractivity contribution >= 4 is 11.5 Å². The van der Waals surface area contributed by atoms with Crippen molar-refractivity contribution in [2.24, 2.45) is 16.5 Å². The maximum absolute atomic E-state index is 13.8. The Morgan fingerprint density at radius 1 is 1.26 bits per heavy atom. The molecule has 9 nitrogen and oxygen atoms in total. The van der Waals surface area contributed by atoms with Gasteiger partial charge in [-0.05, 0) is 64.3 Å². The lowest BCUT2D eigenvalue weighted by Crippen LogP contribution is -2.60. The van der Waals surface area contributed by atoms with E-state index in [2.05, 4.69) is 33.7 Å². The molecule has 0 bridgehead atoms. The predicted octanol–water partition coefficient (Wildman–Crippen LogP) is 3.62. The third-order valence-electron chi connectivity index (χ3n) is 8.50. The van der Waals surface area contributed by atoms with Crippen molar-refractivity contribution in [3.8, 4) is 6.01 Å². The van der Waals surface area contributed by atoms with Crippen LogP contribution < -0.4 is 4.74 Å². The summed E-state index contributed by atoms with van der Waals surface area (Å²) in [5.74, 6) is -1.58. The average Bonchev–Trinajstić information content (AvgIpc) is 3.54. The minimum absolute atomic E-state index is 0.158. The van der Waals surface area contributed by atoms with Crippen LogP contribution in [0.2, 0.25) is 0 Å². The molecule has 0 amide bonds. The summed E-state index contributed by atoms with van der Waals surface area (Å²) < 4.78 is 18.5. The van der Waals surface area contributed by atoms with Crippen LogP contribution >= 0.6 is 0 Å². The maximum Gasteiger partial charge on any atom is 0.317 e. The molecular formula is C26H36N4O5. The summed E-state index contributed by atoms with van der Waals surface area (Å²) in [6, 6.07) is 1.97. The van der Waals surface area contributed by atoms with Crippen molar-refractivity contribution in [3.05, 3.63) is 30.6 Å². The minimum atomic E-state index is -0.809. The Balaban J connectivity index is 1.39. The third kappa shape index (κ3) is 4.17. The van der Waals surface area contributed by atoms with Crippen LogP contribution in [-0.4, -0.2) is 76.3 Å². The van der Waals surface area contributed by atoms with Gasteiger partial charge in [0.15, 0.2) is 11.6 Å². The number of fused-ring (bicyclic) bond motifs is 1. The summed E-state index contributed by atoms with van der Waals surface area (Å²) in [5.41, 5.74) is 0.148. The maximum atomic E-state index is 13.8. The van der Waals surface area contributed by atoms with Gasteiger partial charge in [0.1, 0.15) is 11.8 Å². The highest BCUT2D eigenvalue weighted by Crippen LogP contribution is 2.56. The molecule has 3 heterocycles. The van der Waals surface area contributed by atoms with Gasteiger partial charge >= 0.3 is 6.01 Å². The fraction of sp³-hybridized carbons (Fsp3) is 0.692. The lowest BCUT2D eigenvalue weighted by atomic mass is 9.57. The van der Waals surface area contributed by atoms with E-state index < -0.39 is 17.1 Å². The Morgan fingerprint density at radius 3 is 2.74 bits per heavy atom. The number of likely N-dealkylation sites (tertiary alicyclic amines) is 1. The molecule has 4 fully saturated rings. The topological polar surface area (TPSA) is 106 Å². The van der Waals surface area contributed by atoms with Crippen molar-refractivity contribution in [3.63, 3.8) is 0 Å². The lowest BCUT2D eigenvalue weighted by molar-refractivity contribution is -0.238. The second-order valence-electron chi connectivity index (χ2n) is 10.3. The second-order valence-corrected chi connectivity index (χ2v) is 10.3. The van der Waals surface area contributed by atoms with Crippen LogP contribution in [0, 0.1) is 11.3 Å². The van der Waals surface area contributed by atoms with Gasteiger partial charge in [-0.3, -0.25) is 9.69 Å². The van der Waals surface area contributed by atoms with Gasteiger partial charge in [-0.25, -0.2) is 4.98 Å². The molecule has 4 aliphatic rings. The Kier molecular flexibility index (Phi) is 6.92. The van der Waals surface area contributed by atoms with Gasteiger partial charge in [-0.1, -0.05) is 24.6 Å². The number of likely N-dealkylation sites (N-methyl/N-ethyl adjacent to an activating group) is 1. The van der Waals surface area contributed by atoms with E-state index in [9.17, 15) is 10.0 Å². The molecule has 9 heteroatoms. The number of carbonyl (C=O) groups is 1. The zero-order valence-corrected chi connectivity index (χ0v) is 20.5. The number of ether oxygens (including phenoxy) is 3. The van der Waals surface area contributed by atoms with Crippen molar-refractivity contribution in [1.29, 1.82) is 0 Å². The number of oxime groups is 1. The normalized spacial score (nSPS) is 32.8. The summed E-state index contributed by atoms with van der Waals surface area (Å²) in [5, 5.41) is 14.0. The molecule has 0 aromatic carbocycles. The number of Topliss-reactive ketones (excluding diaryl/α,β-unsaturated/α-hetero) is 1. The molecule has 0 radical (unpaired) electrons. The van der Waals surface area contributed by atoms with E-state index in [-0.39, 0.29) is 29.6 Å². The Morgan fingerprint density at radius 2 is 2.03 bits per heavy atom. The first-order valence-corrected chi connectivity index (χ1v) is 12.9. The van der Waals surface area contributed by atoms with E-state index in [0.29, 0.717) is 25.3 Å². The van der Waals surface area contributed by atoms with E-state index in [1.165, 1.54) is 0 Å². The minimum Gasteiger partial charge on any atom is -0.454 e. The molecule has 2 saturated carbocycles. The van der Waals surface area contributed by atoms with Crippen LogP contribution in [0.4, 0.5) is 0 Å². The lowest BCUT2D eigenvalue weighted by Gasteiger charge is -2.53. The number of hydrogen-bond donors (Lipinski definition) is 1. The van der Waals surface area contributed by atoms with Crippen LogP contribution in [0.3, 0.4) is 0 Å². The number of nitrogens with zero attached hydrogens (tertiary/aromatic N) is 4. The molecule has 35 heavy (non-hydrogen) atoms. The highest BCUT2D eigenvalue weighted by molar-refractivity contribution is 6.14. The van der Waals surface area contributed by atoms with Gasteiger partial charge in [0, 0.05) is 12.6 Å². The van der Waals surface area contributed by atoms with Crippen molar-refractivity contribution in [2.45, 2.75) is 75.7 Å². The molecule has 2 saturated heterocycles. The highest BCUT2D eigenvalue weighted by atomic mass is 16.7. The van der Waals surface area contributed by atoms with Crippen molar-refractivity contribution in [2.75, 3.05) is 26.8 Å². The van der Waals surface area contributed by atoms with E-state index >= 15 is 0 Å². The van der Waals surface area contributed by atoms with Crippen LogP contribution in [0.5, 0.6) is 6.01 Å². The van der Waals surface area contributed by atoms with Crippen LogP contribution in [0.15, 0.2) is 30.1 Å². The average molecular weight is 485 g/mol. The van der Waals surface area contributed by atoms with Gasteiger partial charge in [0.2, 0.25) is 0 Å². The molecular weight excluding hydrogens is 448 g/mol. The van der Waals surface area contributed by atoms with E-state index in [1.54, 1.807) is 18.3 Å². The number of carbonyl (C=O) groups excluding carboxylic acids is 1. The Bertz CT molecular complexity index is 974. The first-order chi connectivity index (χ1) is 17.0. The van der Waals surface area contributed by atoms with Gasteiger partial charge in [-0.2, -0.15) is 4.98 Å². The number of ketones is 1. The predicted molar refractivity (Wildman–Crippen MR) is 129 cm³/mol. The molecule has 2 aliphatic heterocycles. The molecule has 5 rings (SSSR count). The zero-order valence-electron chi connectivity index (χ0n) is 20.5.